The molecule has 0 saturated heterocycles. The van der Waals surface area contributed by atoms with E-state index < -0.39 is 0 Å². The van der Waals surface area contributed by atoms with E-state index in [0.29, 0.717) is 6.17 Å². The van der Waals surface area contributed by atoms with E-state index in [1.807, 2.05) is 0 Å². The van der Waals surface area contributed by atoms with Crippen LogP contribution in [0.5, 0.6) is 0 Å². The Bertz CT molecular complexity index is 379. The molecule has 1 aliphatic rings. The molecule has 1 unspecified atom stereocenters. The van der Waals surface area contributed by atoms with Crippen molar-refractivity contribution in [1.29, 1.82) is 0 Å². The molecule has 1 aliphatic heterocycles. The lowest BCUT2D eigenvalue weighted by Crippen LogP contribution is -2.39. The zero-order valence-corrected chi connectivity index (χ0v) is 21.2. The Kier molecular flexibility index (Phi) is 18.5. The highest BCUT2D eigenvalue weighted by Gasteiger charge is 2.24. The van der Waals surface area contributed by atoms with Gasteiger partial charge in [0, 0.05) is 25.5 Å². The third kappa shape index (κ3) is 13.6. The summed E-state index contributed by atoms with van der Waals surface area (Å²) in [4.78, 5) is 5.26. The van der Waals surface area contributed by atoms with Crippen molar-refractivity contribution >= 4 is 0 Å². The first-order valence-corrected chi connectivity index (χ1v) is 14.0. The van der Waals surface area contributed by atoms with Crippen molar-refractivity contribution in [2.24, 2.45) is 0 Å². The quantitative estimate of drug-likeness (QED) is 0.161. The summed E-state index contributed by atoms with van der Waals surface area (Å²) in [6.45, 7) is 9.41. The summed E-state index contributed by atoms with van der Waals surface area (Å²) in [5.74, 6) is 0. The molecule has 1 heterocycles. The Hall–Kier alpha value is -0.660. The molecule has 0 aromatic rings. The lowest BCUT2D eigenvalue weighted by Gasteiger charge is -2.33. The molecule has 0 N–H and O–H groups in total. The molecule has 30 heavy (non-hydrogen) atoms. The van der Waals surface area contributed by atoms with E-state index in [1.54, 1.807) is 0 Å². The summed E-state index contributed by atoms with van der Waals surface area (Å²) in [7, 11) is 0. The maximum atomic E-state index is 2.64. The predicted molar refractivity (Wildman–Crippen MR) is 136 cm³/mol. The Labute approximate surface area is 190 Å². The fourth-order valence-corrected chi connectivity index (χ4v) is 4.75. The van der Waals surface area contributed by atoms with Gasteiger partial charge in [-0.05, 0) is 25.7 Å². The van der Waals surface area contributed by atoms with Gasteiger partial charge >= 0.3 is 0 Å². The van der Waals surface area contributed by atoms with Gasteiger partial charge < -0.3 is 9.80 Å². The van der Waals surface area contributed by atoms with Gasteiger partial charge in [-0.2, -0.15) is 0 Å². The Morgan fingerprint density at radius 2 is 0.800 bits per heavy atom. The minimum absolute atomic E-state index is 0.644. The molecular weight excluding hydrogens is 364 g/mol. The number of hydrogen-bond acceptors (Lipinski definition) is 2. The average Bonchev–Trinajstić information content (AvgIpc) is 3.14. The number of nitrogens with zero attached hydrogens (tertiary/aromatic N) is 2. The first-order valence-electron chi connectivity index (χ1n) is 14.0. The third-order valence-electron chi connectivity index (χ3n) is 6.82. The molecule has 0 fully saturated rings. The monoisotopic (exact) mass is 420 g/mol. The Balaban J connectivity index is 2.00. The summed E-state index contributed by atoms with van der Waals surface area (Å²) < 4.78 is 0. The van der Waals surface area contributed by atoms with Crippen LogP contribution >= 0.6 is 0 Å². The highest BCUT2D eigenvalue weighted by atomic mass is 15.4. The van der Waals surface area contributed by atoms with E-state index in [-0.39, 0.29) is 0 Å². The molecule has 0 amide bonds. The molecular formula is C28H56N2. The van der Waals surface area contributed by atoms with Gasteiger partial charge in [-0.25, -0.2) is 0 Å². The smallest absolute Gasteiger partial charge is 0.101 e. The number of unbranched alkanes of at least 4 members (excludes halogenated alkanes) is 16. The van der Waals surface area contributed by atoms with E-state index in [1.165, 1.54) is 142 Å². The molecule has 0 aliphatic carbocycles. The topological polar surface area (TPSA) is 6.48 Å². The average molecular weight is 421 g/mol. The van der Waals surface area contributed by atoms with Crippen LogP contribution in [-0.4, -0.2) is 29.1 Å². The highest BCUT2D eigenvalue weighted by molar-refractivity contribution is 4.96. The minimum Gasteiger partial charge on any atom is -0.356 e. The van der Waals surface area contributed by atoms with Crippen LogP contribution < -0.4 is 0 Å². The van der Waals surface area contributed by atoms with Crippen molar-refractivity contribution in [3.63, 3.8) is 0 Å². The van der Waals surface area contributed by atoms with Crippen LogP contribution in [0.1, 0.15) is 149 Å². The third-order valence-corrected chi connectivity index (χ3v) is 6.82. The standard InChI is InChI=1S/C28H56N2/c1-4-7-10-11-12-13-14-15-16-17-18-19-20-22-25-30-27-26-29(24-9-6-3)28(30)23-21-8-5-2/h26-28H,4-25H2,1-3H3. The van der Waals surface area contributed by atoms with Crippen LogP contribution in [0.2, 0.25) is 0 Å². The summed E-state index contributed by atoms with van der Waals surface area (Å²) in [6, 6.07) is 0. The SMILES string of the molecule is CCCCCCCCCCCCCCCCN1C=CN(CCCC)C1CCCCC. The van der Waals surface area contributed by atoms with Gasteiger partial charge in [0.25, 0.3) is 0 Å². The molecule has 1 atom stereocenters. The first-order chi connectivity index (χ1) is 14.8. The second-order valence-electron chi connectivity index (χ2n) is 9.70. The van der Waals surface area contributed by atoms with Crippen molar-refractivity contribution in [3.05, 3.63) is 12.4 Å². The lowest BCUT2D eigenvalue weighted by molar-refractivity contribution is 0.136. The molecule has 0 saturated carbocycles. The van der Waals surface area contributed by atoms with E-state index in [2.05, 4.69) is 43.0 Å². The zero-order chi connectivity index (χ0) is 21.7. The molecule has 2 nitrogen and oxygen atoms in total. The normalized spacial score (nSPS) is 16.2. The van der Waals surface area contributed by atoms with Gasteiger partial charge in [0.15, 0.2) is 0 Å². The second-order valence-corrected chi connectivity index (χ2v) is 9.70. The van der Waals surface area contributed by atoms with Gasteiger partial charge in [-0.3, -0.25) is 0 Å². The van der Waals surface area contributed by atoms with E-state index in [0.717, 1.165) is 0 Å². The van der Waals surface area contributed by atoms with Crippen molar-refractivity contribution in [2.45, 2.75) is 155 Å². The second kappa shape index (κ2) is 20.3. The van der Waals surface area contributed by atoms with Crippen molar-refractivity contribution < 1.29 is 0 Å². The van der Waals surface area contributed by atoms with Gasteiger partial charge in [0.1, 0.15) is 6.17 Å². The van der Waals surface area contributed by atoms with Crippen molar-refractivity contribution in [1.82, 2.24) is 9.80 Å². The van der Waals surface area contributed by atoms with Gasteiger partial charge in [-0.1, -0.05) is 124 Å². The summed E-state index contributed by atoms with van der Waals surface area (Å²) in [5, 5.41) is 0. The predicted octanol–water partition coefficient (Wildman–Crippen LogP) is 9.26. The van der Waals surface area contributed by atoms with Gasteiger partial charge in [0.05, 0.1) is 0 Å². The van der Waals surface area contributed by atoms with E-state index in [4.69, 9.17) is 0 Å². The molecule has 2 heteroatoms. The minimum atomic E-state index is 0.644. The van der Waals surface area contributed by atoms with E-state index in [9.17, 15) is 0 Å². The molecule has 0 aromatic carbocycles. The van der Waals surface area contributed by atoms with Crippen LogP contribution in [0.4, 0.5) is 0 Å². The molecule has 178 valence electrons. The summed E-state index contributed by atoms with van der Waals surface area (Å²) in [6.07, 6.45) is 33.7. The largest absolute Gasteiger partial charge is 0.356 e. The van der Waals surface area contributed by atoms with Crippen LogP contribution in [-0.2, 0) is 0 Å². The first kappa shape index (κ1) is 27.4. The molecule has 1 rings (SSSR count). The van der Waals surface area contributed by atoms with Crippen LogP contribution in [0, 0.1) is 0 Å². The summed E-state index contributed by atoms with van der Waals surface area (Å²) >= 11 is 0. The Morgan fingerprint density at radius 1 is 0.433 bits per heavy atom. The molecule has 0 radical (unpaired) electrons. The molecule has 0 aromatic heterocycles. The fourth-order valence-electron chi connectivity index (χ4n) is 4.75. The Morgan fingerprint density at radius 3 is 1.27 bits per heavy atom. The maximum Gasteiger partial charge on any atom is 0.101 e. The lowest BCUT2D eigenvalue weighted by atomic mass is 10.0. The molecule has 0 spiro atoms. The van der Waals surface area contributed by atoms with E-state index >= 15 is 0 Å². The van der Waals surface area contributed by atoms with Crippen LogP contribution in [0.25, 0.3) is 0 Å². The number of hydrogen-bond donors (Lipinski definition) is 0. The number of rotatable bonds is 22. The van der Waals surface area contributed by atoms with Gasteiger partial charge in [0.2, 0.25) is 0 Å². The van der Waals surface area contributed by atoms with Gasteiger partial charge in [-0.15, -0.1) is 0 Å². The maximum absolute atomic E-state index is 2.64. The fraction of sp³-hybridized carbons (Fsp3) is 0.929. The molecule has 0 bridgehead atoms. The highest BCUT2D eigenvalue weighted by Crippen LogP contribution is 2.23. The van der Waals surface area contributed by atoms with Crippen molar-refractivity contribution in [3.8, 4) is 0 Å². The zero-order valence-electron chi connectivity index (χ0n) is 21.2. The summed E-state index contributed by atoms with van der Waals surface area (Å²) in [5.41, 5.74) is 0. The van der Waals surface area contributed by atoms with Crippen molar-refractivity contribution in [2.75, 3.05) is 13.1 Å². The van der Waals surface area contributed by atoms with Crippen LogP contribution in [0.3, 0.4) is 0 Å². The van der Waals surface area contributed by atoms with Crippen LogP contribution in [0.15, 0.2) is 12.4 Å².